The molecule has 0 aliphatic carbocycles. The van der Waals surface area contributed by atoms with Crippen molar-refractivity contribution < 1.29 is 22.7 Å². The summed E-state index contributed by atoms with van der Waals surface area (Å²) in [7, 11) is -2.73. The first kappa shape index (κ1) is 21.0. The maximum atomic E-state index is 13.3. The summed E-state index contributed by atoms with van der Waals surface area (Å²) < 4.78 is 32.5. The number of sulfonamides is 1. The fraction of sp³-hybridized carbons (Fsp3) is 0.333. The number of ether oxygens (including phenoxy) is 1. The van der Waals surface area contributed by atoms with E-state index in [0.29, 0.717) is 24.2 Å². The zero-order valence-electron chi connectivity index (χ0n) is 16.5. The Labute approximate surface area is 170 Å². The van der Waals surface area contributed by atoms with E-state index in [9.17, 15) is 18.0 Å². The fourth-order valence-electron chi connectivity index (χ4n) is 3.37. The van der Waals surface area contributed by atoms with Crippen LogP contribution in [0.15, 0.2) is 53.4 Å². The van der Waals surface area contributed by atoms with Crippen LogP contribution in [0, 0.1) is 6.92 Å². The summed E-state index contributed by atoms with van der Waals surface area (Å²) in [6.45, 7) is 1.98. The maximum absolute atomic E-state index is 13.3. The SMILES string of the molecule is COC(=O)CN(Cc1ccccc1)S(=O)(=O)c1ccc(N2CCCC2=O)cc1C. The molecule has 0 radical (unpaired) electrons. The molecule has 3 rings (SSSR count). The first-order valence-electron chi connectivity index (χ1n) is 9.35. The van der Waals surface area contributed by atoms with Gasteiger partial charge in [-0.05, 0) is 42.7 Å². The van der Waals surface area contributed by atoms with Gasteiger partial charge in [-0.25, -0.2) is 8.42 Å². The Hall–Kier alpha value is -2.71. The van der Waals surface area contributed by atoms with Gasteiger partial charge in [0.15, 0.2) is 0 Å². The van der Waals surface area contributed by atoms with Gasteiger partial charge in [0.1, 0.15) is 6.54 Å². The van der Waals surface area contributed by atoms with Crippen LogP contribution in [0.4, 0.5) is 5.69 Å². The predicted octanol–water partition coefficient (Wildman–Crippen LogP) is 2.49. The van der Waals surface area contributed by atoms with E-state index in [2.05, 4.69) is 4.74 Å². The van der Waals surface area contributed by atoms with Gasteiger partial charge in [-0.2, -0.15) is 4.31 Å². The Morgan fingerprint density at radius 2 is 1.90 bits per heavy atom. The summed E-state index contributed by atoms with van der Waals surface area (Å²) in [6.07, 6.45) is 1.30. The molecule has 1 heterocycles. The number of aryl methyl sites for hydroxylation is 1. The minimum absolute atomic E-state index is 0.0383. The molecule has 2 aromatic rings. The van der Waals surface area contributed by atoms with Gasteiger partial charge in [-0.15, -0.1) is 0 Å². The highest BCUT2D eigenvalue weighted by atomic mass is 32.2. The number of benzene rings is 2. The number of hydrogen-bond donors (Lipinski definition) is 0. The number of methoxy groups -OCH3 is 1. The quantitative estimate of drug-likeness (QED) is 0.648. The molecule has 0 N–H and O–H groups in total. The second-order valence-electron chi connectivity index (χ2n) is 6.93. The first-order valence-corrected chi connectivity index (χ1v) is 10.8. The lowest BCUT2D eigenvalue weighted by Crippen LogP contribution is -2.36. The first-order chi connectivity index (χ1) is 13.8. The second kappa shape index (κ2) is 8.75. The maximum Gasteiger partial charge on any atom is 0.321 e. The molecule has 0 unspecified atom stereocenters. The van der Waals surface area contributed by atoms with Gasteiger partial charge in [0.25, 0.3) is 0 Å². The van der Waals surface area contributed by atoms with Crippen LogP contribution in [0.5, 0.6) is 0 Å². The number of nitrogens with zero attached hydrogens (tertiary/aromatic N) is 2. The molecule has 29 heavy (non-hydrogen) atoms. The lowest BCUT2D eigenvalue weighted by molar-refractivity contribution is -0.140. The van der Waals surface area contributed by atoms with E-state index in [4.69, 9.17) is 0 Å². The Morgan fingerprint density at radius 1 is 1.17 bits per heavy atom. The molecule has 7 nitrogen and oxygen atoms in total. The van der Waals surface area contributed by atoms with Crippen molar-refractivity contribution in [1.82, 2.24) is 4.31 Å². The van der Waals surface area contributed by atoms with Crippen LogP contribution in [0.3, 0.4) is 0 Å². The van der Waals surface area contributed by atoms with Crippen LogP contribution in [-0.2, 0) is 30.9 Å². The van der Waals surface area contributed by atoms with Crippen molar-refractivity contribution in [2.45, 2.75) is 31.2 Å². The standard InChI is InChI=1S/C21H24N2O5S/c1-16-13-18(23-12-6-9-20(23)24)10-11-19(16)29(26,27)22(15-21(25)28-2)14-17-7-4-3-5-8-17/h3-5,7-8,10-11,13H,6,9,12,14-15H2,1-2H3. The topological polar surface area (TPSA) is 84.0 Å². The van der Waals surface area contributed by atoms with Gasteiger partial charge in [0.2, 0.25) is 15.9 Å². The van der Waals surface area contributed by atoms with Gasteiger partial charge < -0.3 is 9.64 Å². The third-order valence-corrected chi connectivity index (χ3v) is 6.85. The zero-order valence-corrected chi connectivity index (χ0v) is 17.3. The second-order valence-corrected chi connectivity index (χ2v) is 8.84. The minimum atomic E-state index is -3.96. The zero-order chi connectivity index (χ0) is 21.0. The van der Waals surface area contributed by atoms with E-state index in [0.717, 1.165) is 16.3 Å². The number of hydrogen-bond acceptors (Lipinski definition) is 5. The molecule has 0 saturated carbocycles. The third-order valence-electron chi connectivity index (χ3n) is 4.90. The van der Waals surface area contributed by atoms with Crippen molar-refractivity contribution in [3.63, 3.8) is 0 Å². The van der Waals surface area contributed by atoms with Crippen molar-refractivity contribution in [1.29, 1.82) is 0 Å². The molecule has 1 aliphatic rings. The summed E-state index contributed by atoms with van der Waals surface area (Å²) in [4.78, 5) is 25.6. The van der Waals surface area contributed by atoms with Crippen molar-refractivity contribution in [3.05, 3.63) is 59.7 Å². The molecule has 0 atom stereocenters. The van der Waals surface area contributed by atoms with Gasteiger partial charge in [-0.1, -0.05) is 30.3 Å². The molecule has 1 amide bonds. The fourth-order valence-corrected chi connectivity index (χ4v) is 4.95. The number of anilines is 1. The molecule has 0 spiro atoms. The average Bonchev–Trinajstić information content (AvgIpc) is 3.13. The summed E-state index contributed by atoms with van der Waals surface area (Å²) in [5, 5.41) is 0. The van der Waals surface area contributed by atoms with E-state index in [1.165, 1.54) is 13.2 Å². The van der Waals surface area contributed by atoms with E-state index < -0.39 is 16.0 Å². The third kappa shape index (κ3) is 4.65. The molecular formula is C21H24N2O5S. The van der Waals surface area contributed by atoms with Crippen LogP contribution in [0.25, 0.3) is 0 Å². The Balaban J connectivity index is 1.94. The Morgan fingerprint density at radius 3 is 2.48 bits per heavy atom. The molecule has 1 aliphatic heterocycles. The van der Waals surface area contributed by atoms with Crippen LogP contribution in [0.1, 0.15) is 24.0 Å². The highest BCUT2D eigenvalue weighted by Crippen LogP contribution is 2.28. The number of rotatable bonds is 7. The molecule has 0 bridgehead atoms. The molecule has 154 valence electrons. The minimum Gasteiger partial charge on any atom is -0.468 e. The Bertz CT molecular complexity index is 1000. The number of esters is 1. The van der Waals surface area contributed by atoms with Gasteiger partial charge >= 0.3 is 5.97 Å². The van der Waals surface area contributed by atoms with E-state index in [1.54, 1.807) is 36.1 Å². The van der Waals surface area contributed by atoms with Gasteiger partial charge in [0.05, 0.1) is 12.0 Å². The number of carbonyl (C=O) groups is 2. The summed E-state index contributed by atoms with van der Waals surface area (Å²) in [5.74, 6) is -0.599. The average molecular weight is 416 g/mol. The molecule has 0 aromatic heterocycles. The summed E-state index contributed by atoms with van der Waals surface area (Å²) in [6, 6.07) is 13.9. The van der Waals surface area contributed by atoms with Crippen LogP contribution in [-0.4, -0.2) is 44.8 Å². The number of amides is 1. The summed E-state index contributed by atoms with van der Waals surface area (Å²) in [5.41, 5.74) is 1.97. The lowest BCUT2D eigenvalue weighted by atomic mass is 10.2. The van der Waals surface area contributed by atoms with Gasteiger partial charge in [0, 0.05) is 25.2 Å². The molecule has 2 aromatic carbocycles. The van der Waals surface area contributed by atoms with Crippen LogP contribution < -0.4 is 4.90 Å². The molecule has 1 fully saturated rings. The molecule has 8 heteroatoms. The van der Waals surface area contributed by atoms with Gasteiger partial charge in [-0.3, -0.25) is 9.59 Å². The highest BCUT2D eigenvalue weighted by molar-refractivity contribution is 7.89. The van der Waals surface area contributed by atoms with Crippen molar-refractivity contribution in [2.24, 2.45) is 0 Å². The summed E-state index contributed by atoms with van der Waals surface area (Å²) >= 11 is 0. The predicted molar refractivity (Wildman–Crippen MR) is 109 cm³/mol. The lowest BCUT2D eigenvalue weighted by Gasteiger charge is -2.23. The van der Waals surface area contributed by atoms with Crippen molar-refractivity contribution >= 4 is 27.6 Å². The number of carbonyl (C=O) groups excluding carboxylic acids is 2. The van der Waals surface area contributed by atoms with Crippen LogP contribution in [0.2, 0.25) is 0 Å². The molecule has 1 saturated heterocycles. The normalized spacial score (nSPS) is 14.4. The Kier molecular flexibility index (Phi) is 6.34. The van der Waals surface area contributed by atoms with E-state index >= 15 is 0 Å². The molecular weight excluding hydrogens is 392 g/mol. The van der Waals surface area contributed by atoms with E-state index in [1.807, 2.05) is 18.2 Å². The smallest absolute Gasteiger partial charge is 0.321 e. The van der Waals surface area contributed by atoms with Crippen LogP contribution >= 0.6 is 0 Å². The monoisotopic (exact) mass is 416 g/mol. The highest BCUT2D eigenvalue weighted by Gasteiger charge is 2.30. The van der Waals surface area contributed by atoms with E-state index in [-0.39, 0.29) is 23.9 Å². The van der Waals surface area contributed by atoms with Crippen molar-refractivity contribution in [2.75, 3.05) is 25.1 Å². The van der Waals surface area contributed by atoms with Crippen molar-refractivity contribution in [3.8, 4) is 0 Å². The largest absolute Gasteiger partial charge is 0.468 e.